The molecule has 0 aliphatic heterocycles. The number of hydrogen-bond donors (Lipinski definition) is 2. The number of anilines is 1. The first kappa shape index (κ1) is 20.0. The molecule has 2 aromatic rings. The molecule has 2 N–H and O–H groups in total. The van der Waals surface area contributed by atoms with Gasteiger partial charge >= 0.3 is 0 Å². The Bertz CT molecular complexity index is 747. The Hall–Kier alpha value is -2.34. The Morgan fingerprint density at radius 1 is 1.12 bits per heavy atom. The van der Waals surface area contributed by atoms with Crippen molar-refractivity contribution in [2.45, 2.75) is 32.8 Å². The largest absolute Gasteiger partial charge is 0.481 e. The molecule has 2 amide bonds. The van der Waals surface area contributed by atoms with Gasteiger partial charge in [-0.05, 0) is 49.7 Å². The average molecular weight is 419 g/mol. The van der Waals surface area contributed by atoms with Gasteiger partial charge in [-0.15, -0.1) is 0 Å². The minimum Gasteiger partial charge on any atom is -0.481 e. The molecule has 0 heterocycles. The first-order chi connectivity index (χ1) is 12.5. The van der Waals surface area contributed by atoms with Gasteiger partial charge in [0.15, 0.2) is 6.10 Å². The zero-order valence-electron chi connectivity index (χ0n) is 14.9. The van der Waals surface area contributed by atoms with Crippen molar-refractivity contribution >= 4 is 33.4 Å². The number of unbranched alkanes of at least 4 members (excludes halogenated alkanes) is 1. The summed E-state index contributed by atoms with van der Waals surface area (Å²) in [6, 6.07) is 14.2. The van der Waals surface area contributed by atoms with E-state index in [-0.39, 0.29) is 11.8 Å². The van der Waals surface area contributed by atoms with Gasteiger partial charge in [-0.2, -0.15) is 0 Å². The van der Waals surface area contributed by atoms with E-state index < -0.39 is 6.10 Å². The Balaban J connectivity index is 2.01. The number of para-hydroxylation sites is 1. The van der Waals surface area contributed by atoms with E-state index in [0.29, 0.717) is 23.5 Å². The van der Waals surface area contributed by atoms with Crippen LogP contribution in [0.2, 0.25) is 0 Å². The summed E-state index contributed by atoms with van der Waals surface area (Å²) in [7, 11) is 0. The zero-order chi connectivity index (χ0) is 18.9. The third-order valence-corrected chi connectivity index (χ3v) is 4.27. The first-order valence-electron chi connectivity index (χ1n) is 8.61. The molecule has 2 rings (SSSR count). The molecule has 0 radical (unpaired) electrons. The number of carbonyl (C=O) groups is 2. The number of carbonyl (C=O) groups excluding carboxylic acids is 2. The van der Waals surface area contributed by atoms with Crippen molar-refractivity contribution in [3.05, 3.63) is 58.6 Å². The Labute approximate surface area is 162 Å². The molecule has 0 aliphatic rings. The highest BCUT2D eigenvalue weighted by Crippen LogP contribution is 2.19. The molecule has 26 heavy (non-hydrogen) atoms. The van der Waals surface area contributed by atoms with E-state index in [2.05, 4.69) is 33.5 Å². The molecule has 0 bridgehead atoms. The van der Waals surface area contributed by atoms with Gasteiger partial charge in [0.25, 0.3) is 11.8 Å². The van der Waals surface area contributed by atoms with Gasteiger partial charge in [0.05, 0.1) is 11.3 Å². The normalized spacial score (nSPS) is 11.5. The maximum Gasteiger partial charge on any atom is 0.265 e. The van der Waals surface area contributed by atoms with Crippen molar-refractivity contribution in [3.8, 4) is 5.75 Å². The molecule has 2 aromatic carbocycles. The lowest BCUT2D eigenvalue weighted by molar-refractivity contribution is -0.122. The second-order valence-electron chi connectivity index (χ2n) is 5.86. The molecule has 138 valence electrons. The lowest BCUT2D eigenvalue weighted by atomic mass is 10.1. The second kappa shape index (κ2) is 9.97. The number of amides is 2. The highest BCUT2D eigenvalue weighted by atomic mass is 79.9. The summed E-state index contributed by atoms with van der Waals surface area (Å²) in [4.78, 5) is 24.8. The lowest BCUT2D eigenvalue weighted by Gasteiger charge is -2.16. The molecular formula is C20H23BrN2O3. The molecule has 0 aliphatic carbocycles. The maximum atomic E-state index is 12.4. The Morgan fingerprint density at radius 3 is 2.50 bits per heavy atom. The number of nitrogens with one attached hydrogen (secondary N) is 2. The summed E-state index contributed by atoms with van der Waals surface area (Å²) in [6.07, 6.45) is 1.22. The predicted octanol–water partition coefficient (Wildman–Crippen LogP) is 4.39. The maximum absolute atomic E-state index is 12.4. The van der Waals surface area contributed by atoms with E-state index in [9.17, 15) is 9.59 Å². The Morgan fingerprint density at radius 2 is 1.81 bits per heavy atom. The molecule has 6 heteroatoms. The van der Waals surface area contributed by atoms with Crippen LogP contribution in [0.3, 0.4) is 0 Å². The van der Waals surface area contributed by atoms with E-state index in [0.717, 1.165) is 17.3 Å². The van der Waals surface area contributed by atoms with Gasteiger partial charge in [-0.3, -0.25) is 9.59 Å². The summed E-state index contributed by atoms with van der Waals surface area (Å²) in [6.45, 7) is 4.34. The van der Waals surface area contributed by atoms with E-state index >= 15 is 0 Å². The molecule has 1 atom stereocenters. The van der Waals surface area contributed by atoms with E-state index in [1.807, 2.05) is 12.1 Å². The standard InChI is InChI=1S/C20H23BrN2O3/c1-3-4-13-22-20(25)17-7-5-6-8-18(17)23-19(24)14(2)26-16-11-9-15(21)10-12-16/h5-12,14H,3-4,13H2,1-2H3,(H,22,25)(H,23,24)/t14-/m0/s1. The van der Waals surface area contributed by atoms with Crippen molar-refractivity contribution in [1.29, 1.82) is 0 Å². The van der Waals surface area contributed by atoms with Crippen LogP contribution in [0.5, 0.6) is 5.75 Å². The van der Waals surface area contributed by atoms with Gasteiger partial charge < -0.3 is 15.4 Å². The van der Waals surface area contributed by atoms with Crippen LogP contribution in [0, 0.1) is 0 Å². The summed E-state index contributed by atoms with van der Waals surface area (Å²) >= 11 is 3.36. The van der Waals surface area contributed by atoms with Crippen molar-refractivity contribution in [3.63, 3.8) is 0 Å². The van der Waals surface area contributed by atoms with E-state index in [4.69, 9.17) is 4.74 Å². The van der Waals surface area contributed by atoms with Crippen LogP contribution in [0.4, 0.5) is 5.69 Å². The monoisotopic (exact) mass is 418 g/mol. The van der Waals surface area contributed by atoms with Gasteiger partial charge in [0.1, 0.15) is 5.75 Å². The number of ether oxygens (including phenoxy) is 1. The van der Waals surface area contributed by atoms with Crippen LogP contribution in [-0.2, 0) is 4.79 Å². The topological polar surface area (TPSA) is 67.4 Å². The predicted molar refractivity (Wildman–Crippen MR) is 107 cm³/mol. The quantitative estimate of drug-likeness (QED) is 0.624. The van der Waals surface area contributed by atoms with Crippen LogP contribution in [0.15, 0.2) is 53.0 Å². The van der Waals surface area contributed by atoms with Crippen LogP contribution < -0.4 is 15.4 Å². The lowest BCUT2D eigenvalue weighted by Crippen LogP contribution is -2.32. The zero-order valence-corrected chi connectivity index (χ0v) is 16.5. The highest BCUT2D eigenvalue weighted by Gasteiger charge is 2.18. The number of rotatable bonds is 8. The minimum absolute atomic E-state index is 0.198. The van der Waals surface area contributed by atoms with E-state index in [1.54, 1.807) is 43.3 Å². The van der Waals surface area contributed by atoms with Gasteiger partial charge in [0.2, 0.25) is 0 Å². The molecule has 0 saturated carbocycles. The fraction of sp³-hybridized carbons (Fsp3) is 0.300. The molecule has 0 spiro atoms. The summed E-state index contributed by atoms with van der Waals surface area (Å²) in [5.74, 6) is 0.0824. The first-order valence-corrected chi connectivity index (χ1v) is 9.41. The SMILES string of the molecule is CCCCNC(=O)c1ccccc1NC(=O)[C@H](C)Oc1ccc(Br)cc1. The molecule has 0 saturated heterocycles. The molecule has 5 nitrogen and oxygen atoms in total. The third kappa shape index (κ3) is 5.88. The molecule has 0 aromatic heterocycles. The van der Waals surface area contributed by atoms with Crippen LogP contribution in [0.1, 0.15) is 37.0 Å². The summed E-state index contributed by atoms with van der Waals surface area (Å²) in [5, 5.41) is 5.64. The highest BCUT2D eigenvalue weighted by molar-refractivity contribution is 9.10. The second-order valence-corrected chi connectivity index (χ2v) is 6.77. The van der Waals surface area contributed by atoms with Crippen LogP contribution in [0.25, 0.3) is 0 Å². The fourth-order valence-electron chi connectivity index (χ4n) is 2.27. The summed E-state index contributed by atoms with van der Waals surface area (Å²) < 4.78 is 6.58. The van der Waals surface area contributed by atoms with Crippen molar-refractivity contribution < 1.29 is 14.3 Å². The number of hydrogen-bond acceptors (Lipinski definition) is 3. The van der Waals surface area contributed by atoms with E-state index in [1.165, 1.54) is 0 Å². The van der Waals surface area contributed by atoms with Gasteiger partial charge in [-0.1, -0.05) is 41.4 Å². The van der Waals surface area contributed by atoms with Crippen molar-refractivity contribution in [1.82, 2.24) is 5.32 Å². The fourth-order valence-corrected chi connectivity index (χ4v) is 2.53. The van der Waals surface area contributed by atoms with Crippen LogP contribution in [-0.4, -0.2) is 24.5 Å². The van der Waals surface area contributed by atoms with Crippen molar-refractivity contribution in [2.24, 2.45) is 0 Å². The molecule has 0 fully saturated rings. The smallest absolute Gasteiger partial charge is 0.265 e. The number of halogens is 1. The molecular weight excluding hydrogens is 396 g/mol. The minimum atomic E-state index is -0.701. The van der Waals surface area contributed by atoms with Crippen LogP contribution >= 0.6 is 15.9 Å². The van der Waals surface area contributed by atoms with Gasteiger partial charge in [0, 0.05) is 11.0 Å². The van der Waals surface area contributed by atoms with Crippen molar-refractivity contribution in [2.75, 3.05) is 11.9 Å². The van der Waals surface area contributed by atoms with Gasteiger partial charge in [-0.25, -0.2) is 0 Å². The molecule has 0 unspecified atom stereocenters. The number of benzene rings is 2. The average Bonchev–Trinajstić information content (AvgIpc) is 2.64. The third-order valence-electron chi connectivity index (χ3n) is 3.74. The Kier molecular flexibility index (Phi) is 7.66. The summed E-state index contributed by atoms with van der Waals surface area (Å²) in [5.41, 5.74) is 0.908.